The Balaban J connectivity index is 1.57. The number of fused-ring (bicyclic) bond motifs is 2. The zero-order valence-electron chi connectivity index (χ0n) is 14.9. The largest absolute Gasteiger partial charge is 0.312 e. The Kier molecular flexibility index (Phi) is 3.96. The fourth-order valence-electron chi connectivity index (χ4n) is 4.34. The molecule has 0 aliphatic carbocycles. The van der Waals surface area contributed by atoms with Crippen molar-refractivity contribution < 1.29 is 0 Å². The SMILES string of the molecule is CC(CC(C)(C)n1ncc2c1CNCC2)c1n[nH]c2c1CNCC2. The van der Waals surface area contributed by atoms with Gasteiger partial charge >= 0.3 is 0 Å². The van der Waals surface area contributed by atoms with Gasteiger partial charge in [0.15, 0.2) is 0 Å². The van der Waals surface area contributed by atoms with Gasteiger partial charge in [0.25, 0.3) is 0 Å². The summed E-state index contributed by atoms with van der Waals surface area (Å²) < 4.78 is 2.24. The molecule has 6 heteroatoms. The molecule has 130 valence electrons. The van der Waals surface area contributed by atoms with Gasteiger partial charge in [-0.05, 0) is 38.8 Å². The first kappa shape index (κ1) is 15.8. The van der Waals surface area contributed by atoms with Crippen molar-refractivity contribution >= 4 is 0 Å². The fourth-order valence-corrected chi connectivity index (χ4v) is 4.34. The summed E-state index contributed by atoms with van der Waals surface area (Å²) in [6, 6.07) is 0. The maximum absolute atomic E-state index is 4.73. The predicted molar refractivity (Wildman–Crippen MR) is 94.0 cm³/mol. The second-order valence-corrected chi connectivity index (χ2v) is 7.87. The predicted octanol–water partition coefficient (Wildman–Crippen LogP) is 1.83. The van der Waals surface area contributed by atoms with Crippen LogP contribution in [0.2, 0.25) is 0 Å². The van der Waals surface area contributed by atoms with Crippen LogP contribution in [0, 0.1) is 0 Å². The topological polar surface area (TPSA) is 70.6 Å². The molecule has 24 heavy (non-hydrogen) atoms. The van der Waals surface area contributed by atoms with E-state index in [1.807, 2.05) is 0 Å². The van der Waals surface area contributed by atoms with Crippen LogP contribution in [0.15, 0.2) is 6.20 Å². The molecule has 2 aromatic heterocycles. The molecule has 2 aliphatic rings. The van der Waals surface area contributed by atoms with Crippen LogP contribution in [0.4, 0.5) is 0 Å². The van der Waals surface area contributed by atoms with E-state index in [0.29, 0.717) is 5.92 Å². The molecule has 4 rings (SSSR count). The van der Waals surface area contributed by atoms with E-state index in [2.05, 4.69) is 52.5 Å². The number of nitrogens with one attached hydrogen (secondary N) is 3. The molecular weight excluding hydrogens is 300 g/mol. The van der Waals surface area contributed by atoms with Crippen LogP contribution in [0.3, 0.4) is 0 Å². The fraction of sp³-hybridized carbons (Fsp3) is 0.667. The Bertz CT molecular complexity index is 726. The molecule has 6 nitrogen and oxygen atoms in total. The number of nitrogens with zero attached hydrogens (tertiary/aromatic N) is 3. The van der Waals surface area contributed by atoms with Crippen LogP contribution in [0.5, 0.6) is 0 Å². The van der Waals surface area contributed by atoms with Gasteiger partial charge in [-0.25, -0.2) is 0 Å². The van der Waals surface area contributed by atoms with Crippen LogP contribution in [-0.2, 0) is 31.5 Å². The summed E-state index contributed by atoms with van der Waals surface area (Å²) in [5, 5.41) is 19.6. The molecule has 0 saturated heterocycles. The molecule has 0 spiro atoms. The lowest BCUT2D eigenvalue weighted by Gasteiger charge is -2.31. The van der Waals surface area contributed by atoms with Gasteiger partial charge in [0.1, 0.15) is 0 Å². The number of aromatic amines is 1. The van der Waals surface area contributed by atoms with E-state index in [9.17, 15) is 0 Å². The van der Waals surface area contributed by atoms with E-state index in [0.717, 1.165) is 45.4 Å². The quantitative estimate of drug-likeness (QED) is 0.801. The minimum atomic E-state index is -0.0278. The first-order chi connectivity index (χ1) is 11.6. The number of H-pyrrole nitrogens is 1. The normalized spacial score (nSPS) is 19.0. The van der Waals surface area contributed by atoms with Gasteiger partial charge in [-0.15, -0.1) is 0 Å². The molecule has 2 aromatic rings. The molecule has 2 aliphatic heterocycles. The Labute approximate surface area is 143 Å². The highest BCUT2D eigenvalue weighted by molar-refractivity contribution is 5.30. The van der Waals surface area contributed by atoms with E-state index in [-0.39, 0.29) is 5.54 Å². The maximum Gasteiger partial charge on any atom is 0.0698 e. The van der Waals surface area contributed by atoms with Crippen molar-refractivity contribution in [1.82, 2.24) is 30.6 Å². The van der Waals surface area contributed by atoms with Crippen molar-refractivity contribution in [3.63, 3.8) is 0 Å². The molecule has 0 aromatic carbocycles. The molecule has 3 N–H and O–H groups in total. The van der Waals surface area contributed by atoms with E-state index < -0.39 is 0 Å². The zero-order valence-corrected chi connectivity index (χ0v) is 14.9. The Hall–Kier alpha value is -1.66. The molecule has 1 unspecified atom stereocenters. The van der Waals surface area contributed by atoms with Crippen molar-refractivity contribution in [3.8, 4) is 0 Å². The van der Waals surface area contributed by atoms with E-state index >= 15 is 0 Å². The third-order valence-corrected chi connectivity index (χ3v) is 5.50. The second kappa shape index (κ2) is 6.01. The molecule has 0 fully saturated rings. The highest BCUT2D eigenvalue weighted by Gasteiger charge is 2.31. The average molecular weight is 328 g/mol. The summed E-state index contributed by atoms with van der Waals surface area (Å²) >= 11 is 0. The Morgan fingerprint density at radius 3 is 2.88 bits per heavy atom. The van der Waals surface area contributed by atoms with Gasteiger partial charge in [0, 0.05) is 43.2 Å². The van der Waals surface area contributed by atoms with E-state index in [1.165, 1.54) is 28.2 Å². The lowest BCUT2D eigenvalue weighted by molar-refractivity contribution is 0.264. The summed E-state index contributed by atoms with van der Waals surface area (Å²) in [5.41, 5.74) is 6.65. The second-order valence-electron chi connectivity index (χ2n) is 7.87. The summed E-state index contributed by atoms with van der Waals surface area (Å²) in [5.74, 6) is 0.399. The van der Waals surface area contributed by atoms with Gasteiger partial charge in [-0.2, -0.15) is 10.2 Å². The Morgan fingerprint density at radius 1 is 1.21 bits per heavy atom. The van der Waals surface area contributed by atoms with Crippen LogP contribution in [0.25, 0.3) is 0 Å². The van der Waals surface area contributed by atoms with E-state index in [1.54, 1.807) is 0 Å². The van der Waals surface area contributed by atoms with Gasteiger partial charge < -0.3 is 10.6 Å². The third-order valence-electron chi connectivity index (χ3n) is 5.50. The lowest BCUT2D eigenvalue weighted by Crippen LogP contribution is -2.34. The summed E-state index contributed by atoms with van der Waals surface area (Å²) in [6.07, 6.45) is 5.22. The number of aromatic nitrogens is 4. The van der Waals surface area contributed by atoms with Crippen molar-refractivity contribution in [2.24, 2.45) is 0 Å². The molecule has 0 amide bonds. The zero-order chi connectivity index (χ0) is 16.7. The van der Waals surface area contributed by atoms with Crippen LogP contribution in [-0.4, -0.2) is 33.1 Å². The van der Waals surface area contributed by atoms with Crippen LogP contribution >= 0.6 is 0 Å². The molecule has 0 bridgehead atoms. The highest BCUT2D eigenvalue weighted by Crippen LogP contribution is 2.34. The third kappa shape index (κ3) is 2.67. The van der Waals surface area contributed by atoms with Gasteiger partial charge in [-0.3, -0.25) is 9.78 Å². The molecule has 0 radical (unpaired) electrons. The maximum atomic E-state index is 4.73. The molecular formula is C18H28N6. The number of hydrogen-bond donors (Lipinski definition) is 3. The van der Waals surface area contributed by atoms with Crippen LogP contribution < -0.4 is 10.6 Å². The first-order valence-corrected chi connectivity index (χ1v) is 9.10. The van der Waals surface area contributed by atoms with Crippen molar-refractivity contribution in [3.05, 3.63) is 34.4 Å². The number of rotatable bonds is 4. The average Bonchev–Trinajstić information content (AvgIpc) is 3.19. The van der Waals surface area contributed by atoms with Gasteiger partial charge in [-0.1, -0.05) is 6.92 Å². The lowest BCUT2D eigenvalue weighted by atomic mass is 9.87. The number of hydrogen-bond acceptors (Lipinski definition) is 4. The summed E-state index contributed by atoms with van der Waals surface area (Å²) in [6.45, 7) is 10.8. The van der Waals surface area contributed by atoms with Gasteiger partial charge in [0.05, 0.1) is 23.1 Å². The Morgan fingerprint density at radius 2 is 2.00 bits per heavy atom. The van der Waals surface area contributed by atoms with Crippen molar-refractivity contribution in [1.29, 1.82) is 0 Å². The molecule has 4 heterocycles. The monoisotopic (exact) mass is 328 g/mol. The summed E-state index contributed by atoms with van der Waals surface area (Å²) in [7, 11) is 0. The molecule has 1 atom stereocenters. The minimum Gasteiger partial charge on any atom is -0.312 e. The van der Waals surface area contributed by atoms with Crippen molar-refractivity contribution in [2.45, 2.75) is 64.6 Å². The van der Waals surface area contributed by atoms with E-state index in [4.69, 9.17) is 5.10 Å². The standard InChI is InChI=1S/C18H28N6/c1-12(17-14-10-19-7-5-15(14)22-23-17)8-18(2,3)24-16-11-20-6-4-13(16)9-21-24/h9,12,19-20H,4-8,10-11H2,1-3H3,(H,22,23). The molecule has 0 saturated carbocycles. The van der Waals surface area contributed by atoms with Crippen LogP contribution in [0.1, 0.15) is 61.3 Å². The minimum absolute atomic E-state index is 0.0278. The van der Waals surface area contributed by atoms with Crippen molar-refractivity contribution in [2.75, 3.05) is 13.1 Å². The highest BCUT2D eigenvalue weighted by atomic mass is 15.3. The smallest absolute Gasteiger partial charge is 0.0698 e. The van der Waals surface area contributed by atoms with Gasteiger partial charge in [0.2, 0.25) is 0 Å². The first-order valence-electron chi connectivity index (χ1n) is 9.10. The summed E-state index contributed by atoms with van der Waals surface area (Å²) in [4.78, 5) is 0.